The van der Waals surface area contributed by atoms with E-state index in [0.29, 0.717) is 5.95 Å². The minimum Gasteiger partial charge on any atom is -0.497 e. The van der Waals surface area contributed by atoms with Gasteiger partial charge in [-0.1, -0.05) is 48.6 Å². The number of allylic oxidation sites excluding steroid dienone is 2. The van der Waals surface area contributed by atoms with Gasteiger partial charge < -0.3 is 10.1 Å². The van der Waals surface area contributed by atoms with Crippen LogP contribution in [0.4, 0.5) is 11.6 Å². The van der Waals surface area contributed by atoms with Crippen molar-refractivity contribution in [1.29, 1.82) is 0 Å². The number of fused-ring (bicyclic) bond motifs is 1. The van der Waals surface area contributed by atoms with Crippen molar-refractivity contribution in [3.8, 4) is 5.75 Å². The topological polar surface area (TPSA) is 62.6 Å². The van der Waals surface area contributed by atoms with Crippen LogP contribution in [-0.4, -0.2) is 33.8 Å². The largest absolute Gasteiger partial charge is 0.497 e. The molecular weight excluding hydrogens is 374 g/mol. The lowest BCUT2D eigenvalue weighted by Crippen LogP contribution is -2.29. The Morgan fingerprint density at radius 2 is 1.90 bits per heavy atom. The van der Waals surface area contributed by atoms with Crippen molar-refractivity contribution in [3.05, 3.63) is 103 Å². The molecule has 2 aliphatic heterocycles. The molecule has 0 aliphatic carbocycles. The second-order valence-electron chi connectivity index (χ2n) is 7.09. The zero-order chi connectivity index (χ0) is 20.3. The lowest BCUT2D eigenvalue weighted by molar-refractivity contribution is 0.350. The van der Waals surface area contributed by atoms with Crippen molar-refractivity contribution in [1.82, 2.24) is 15.0 Å². The standard InChI is InChI=1S/C24H21N5O/c1-30-19-11-7-10-18(16-19)26-24-25-14-13-20(27-24)22-21-12-5-6-15-29(21)28-23(22)17-8-3-2-4-9-17/h2-16,21-22H,1H3,(H,25,26,27). The van der Waals surface area contributed by atoms with Gasteiger partial charge in [-0.05, 0) is 29.8 Å². The quantitative estimate of drug-likeness (QED) is 0.690. The first kappa shape index (κ1) is 18.1. The van der Waals surface area contributed by atoms with Gasteiger partial charge in [0.05, 0.1) is 30.5 Å². The first-order valence-corrected chi connectivity index (χ1v) is 9.83. The molecule has 30 heavy (non-hydrogen) atoms. The molecule has 6 heteroatoms. The van der Waals surface area contributed by atoms with Crippen LogP contribution >= 0.6 is 0 Å². The number of methoxy groups -OCH3 is 1. The van der Waals surface area contributed by atoms with Crippen molar-refractivity contribution < 1.29 is 4.74 Å². The third kappa shape index (κ3) is 3.43. The van der Waals surface area contributed by atoms with Gasteiger partial charge in [0.25, 0.3) is 0 Å². The van der Waals surface area contributed by atoms with Gasteiger partial charge in [0.2, 0.25) is 5.95 Å². The molecule has 0 radical (unpaired) electrons. The summed E-state index contributed by atoms with van der Waals surface area (Å²) >= 11 is 0. The second-order valence-corrected chi connectivity index (χ2v) is 7.09. The average molecular weight is 395 g/mol. The van der Waals surface area contributed by atoms with Gasteiger partial charge in [-0.25, -0.2) is 9.97 Å². The molecule has 0 bridgehead atoms. The summed E-state index contributed by atoms with van der Waals surface area (Å²) in [6, 6.07) is 20.0. The molecule has 5 rings (SSSR count). The molecule has 0 saturated carbocycles. The number of hydrogen-bond donors (Lipinski definition) is 1. The average Bonchev–Trinajstić information content (AvgIpc) is 3.20. The summed E-state index contributed by atoms with van der Waals surface area (Å²) in [6.45, 7) is 0. The zero-order valence-electron chi connectivity index (χ0n) is 16.5. The Morgan fingerprint density at radius 3 is 2.77 bits per heavy atom. The number of nitrogens with zero attached hydrogens (tertiary/aromatic N) is 4. The third-order valence-electron chi connectivity index (χ3n) is 5.21. The fourth-order valence-electron chi connectivity index (χ4n) is 3.81. The number of benzene rings is 2. The molecule has 2 atom stereocenters. The van der Waals surface area contributed by atoms with Crippen molar-refractivity contribution in [3.63, 3.8) is 0 Å². The fraction of sp³-hybridized carbons (Fsp3) is 0.125. The highest BCUT2D eigenvalue weighted by atomic mass is 16.5. The Balaban J connectivity index is 1.50. The molecule has 0 spiro atoms. The number of anilines is 2. The van der Waals surface area contributed by atoms with Gasteiger partial charge in [0, 0.05) is 24.2 Å². The van der Waals surface area contributed by atoms with Gasteiger partial charge in [-0.2, -0.15) is 5.10 Å². The molecule has 0 amide bonds. The van der Waals surface area contributed by atoms with E-state index in [1.54, 1.807) is 13.3 Å². The van der Waals surface area contributed by atoms with E-state index in [0.717, 1.165) is 28.4 Å². The second kappa shape index (κ2) is 7.83. The molecule has 6 nitrogen and oxygen atoms in total. The van der Waals surface area contributed by atoms with Gasteiger partial charge in [0.1, 0.15) is 5.75 Å². The molecule has 1 aromatic heterocycles. The molecule has 2 unspecified atom stereocenters. The number of rotatable bonds is 5. The normalized spacial score (nSPS) is 19.4. The molecule has 148 valence electrons. The van der Waals surface area contributed by atoms with E-state index < -0.39 is 0 Å². The van der Waals surface area contributed by atoms with E-state index in [9.17, 15) is 0 Å². The maximum absolute atomic E-state index is 5.30. The van der Waals surface area contributed by atoms with Crippen molar-refractivity contribution >= 4 is 17.3 Å². The van der Waals surface area contributed by atoms with Crippen LogP contribution in [0.5, 0.6) is 5.75 Å². The Morgan fingerprint density at radius 1 is 1.00 bits per heavy atom. The Labute approximate surface area is 175 Å². The first-order chi connectivity index (χ1) is 14.8. The van der Waals surface area contributed by atoms with Crippen molar-refractivity contribution in [2.75, 3.05) is 12.4 Å². The summed E-state index contributed by atoms with van der Waals surface area (Å²) in [5, 5.41) is 10.2. The Bertz CT molecular complexity index is 1140. The van der Waals surface area contributed by atoms with E-state index in [-0.39, 0.29) is 12.0 Å². The van der Waals surface area contributed by atoms with Gasteiger partial charge in [0.15, 0.2) is 0 Å². The van der Waals surface area contributed by atoms with E-state index in [4.69, 9.17) is 14.8 Å². The van der Waals surface area contributed by atoms with Crippen molar-refractivity contribution in [2.24, 2.45) is 5.10 Å². The molecule has 0 saturated heterocycles. The summed E-state index contributed by atoms with van der Waals surface area (Å²) in [6.07, 6.45) is 10.0. The lowest BCUT2D eigenvalue weighted by atomic mass is 9.87. The molecule has 3 aromatic rings. The smallest absolute Gasteiger partial charge is 0.227 e. The van der Waals surface area contributed by atoms with Crippen LogP contribution in [0.2, 0.25) is 0 Å². The summed E-state index contributed by atoms with van der Waals surface area (Å²) < 4.78 is 5.30. The number of aromatic nitrogens is 2. The highest BCUT2D eigenvalue weighted by molar-refractivity contribution is 6.06. The monoisotopic (exact) mass is 395 g/mol. The van der Waals surface area contributed by atoms with E-state index >= 15 is 0 Å². The van der Waals surface area contributed by atoms with E-state index in [2.05, 4.69) is 34.6 Å². The van der Waals surface area contributed by atoms with E-state index in [1.165, 1.54) is 0 Å². The predicted molar refractivity (Wildman–Crippen MR) is 118 cm³/mol. The van der Waals surface area contributed by atoms with Gasteiger partial charge in [-0.3, -0.25) is 5.01 Å². The molecule has 2 aromatic carbocycles. The molecule has 2 aliphatic rings. The minimum atomic E-state index is 0.00228. The third-order valence-corrected chi connectivity index (χ3v) is 5.21. The van der Waals surface area contributed by atoms with Crippen LogP contribution in [-0.2, 0) is 0 Å². The van der Waals surface area contributed by atoms with Gasteiger partial charge >= 0.3 is 0 Å². The maximum atomic E-state index is 5.30. The molecule has 1 N–H and O–H groups in total. The minimum absolute atomic E-state index is 0.00228. The van der Waals surface area contributed by atoms with Crippen LogP contribution in [0.3, 0.4) is 0 Å². The molecule has 3 heterocycles. The Hall–Kier alpha value is -3.93. The SMILES string of the molecule is COc1cccc(Nc2nccc(C3C(c4ccccc4)=NN4C=CC=CC34)n2)c1. The first-order valence-electron chi connectivity index (χ1n) is 9.83. The van der Waals surface area contributed by atoms with Crippen LogP contribution in [0, 0.1) is 0 Å². The fourth-order valence-corrected chi connectivity index (χ4v) is 3.81. The maximum Gasteiger partial charge on any atom is 0.227 e. The van der Waals surface area contributed by atoms with Crippen LogP contribution in [0.25, 0.3) is 0 Å². The van der Waals surface area contributed by atoms with E-state index in [1.807, 2.05) is 65.8 Å². The number of ether oxygens (including phenoxy) is 1. The van der Waals surface area contributed by atoms with Crippen molar-refractivity contribution in [2.45, 2.75) is 12.0 Å². The Kier molecular flexibility index (Phi) is 4.73. The number of hydrogen-bond acceptors (Lipinski definition) is 6. The summed E-state index contributed by atoms with van der Waals surface area (Å²) in [5.74, 6) is 1.32. The lowest BCUT2D eigenvalue weighted by Gasteiger charge is -2.24. The summed E-state index contributed by atoms with van der Waals surface area (Å²) in [4.78, 5) is 9.26. The van der Waals surface area contributed by atoms with Crippen LogP contribution in [0.1, 0.15) is 17.2 Å². The number of nitrogens with one attached hydrogen (secondary N) is 1. The number of hydrazone groups is 1. The summed E-state index contributed by atoms with van der Waals surface area (Å²) in [5.41, 5.74) is 3.89. The highest BCUT2D eigenvalue weighted by Gasteiger charge is 2.38. The highest BCUT2D eigenvalue weighted by Crippen LogP contribution is 2.36. The zero-order valence-corrected chi connectivity index (χ0v) is 16.5. The molecular formula is C24H21N5O. The molecule has 0 fully saturated rings. The predicted octanol–water partition coefficient (Wildman–Crippen LogP) is 4.48. The van der Waals surface area contributed by atoms with Crippen LogP contribution < -0.4 is 10.1 Å². The van der Waals surface area contributed by atoms with Crippen LogP contribution in [0.15, 0.2) is 96.4 Å². The van der Waals surface area contributed by atoms with Gasteiger partial charge in [-0.15, -0.1) is 0 Å². The summed E-state index contributed by atoms with van der Waals surface area (Å²) in [7, 11) is 1.65.